The second-order valence-electron chi connectivity index (χ2n) is 9.04. The van der Waals surface area contributed by atoms with Gasteiger partial charge in [-0.1, -0.05) is 12.1 Å². The first-order valence-electron chi connectivity index (χ1n) is 11.3. The van der Waals surface area contributed by atoms with E-state index in [0.717, 1.165) is 61.5 Å². The van der Waals surface area contributed by atoms with Crippen molar-refractivity contribution in [3.63, 3.8) is 0 Å². The maximum Gasteiger partial charge on any atom is 0.251 e. The first-order valence-corrected chi connectivity index (χ1v) is 11.3. The van der Waals surface area contributed by atoms with Crippen molar-refractivity contribution in [1.29, 1.82) is 0 Å². The van der Waals surface area contributed by atoms with Gasteiger partial charge in [0.2, 0.25) is 0 Å². The van der Waals surface area contributed by atoms with Crippen LogP contribution in [-0.4, -0.2) is 50.2 Å². The number of fused-ring (bicyclic) bond motifs is 1. The molecule has 1 atom stereocenters. The second kappa shape index (κ2) is 8.75. The Bertz CT molecular complexity index is 996. The Balaban J connectivity index is 1.17. The lowest BCUT2D eigenvalue weighted by atomic mass is 9.97. The molecule has 2 aliphatic heterocycles. The van der Waals surface area contributed by atoms with Crippen LogP contribution < -0.4 is 14.8 Å². The average molecular weight is 419 g/mol. The summed E-state index contributed by atoms with van der Waals surface area (Å²) in [5, 5.41) is 3.08. The minimum atomic E-state index is 0.0681. The van der Waals surface area contributed by atoms with Gasteiger partial charge in [-0.2, -0.15) is 0 Å². The van der Waals surface area contributed by atoms with Gasteiger partial charge in [0, 0.05) is 30.3 Å². The van der Waals surface area contributed by atoms with Gasteiger partial charge >= 0.3 is 0 Å². The standard InChI is InChI=1S/C26H30N2O3/c1-30-24-7-8-25-22(14-24)13-20(17-31-25)16-28-10-9-19(15-28)11-18-3-2-4-21(12-18)26(29)27-23-5-6-23/h2-4,7-8,12-14,19,23H,5-6,9-11,15-17H2,1H3,(H,27,29). The van der Waals surface area contributed by atoms with Crippen LogP contribution in [0.15, 0.2) is 48.0 Å². The molecule has 2 fully saturated rings. The number of carbonyl (C=O) groups is 1. The predicted molar refractivity (Wildman–Crippen MR) is 122 cm³/mol. The first kappa shape index (κ1) is 20.1. The maximum absolute atomic E-state index is 12.3. The topological polar surface area (TPSA) is 50.8 Å². The quantitative estimate of drug-likeness (QED) is 0.740. The summed E-state index contributed by atoms with van der Waals surface area (Å²) < 4.78 is 11.3. The van der Waals surface area contributed by atoms with Gasteiger partial charge < -0.3 is 14.8 Å². The number of nitrogens with zero attached hydrogens (tertiary/aromatic N) is 1. The summed E-state index contributed by atoms with van der Waals surface area (Å²) in [6.45, 7) is 3.78. The fraction of sp³-hybridized carbons (Fsp3) is 0.423. The van der Waals surface area contributed by atoms with Gasteiger partial charge in [-0.05, 0) is 85.7 Å². The number of hydrogen-bond acceptors (Lipinski definition) is 4. The molecule has 0 radical (unpaired) electrons. The van der Waals surface area contributed by atoms with E-state index in [0.29, 0.717) is 18.6 Å². The third kappa shape index (κ3) is 4.93. The molecule has 2 aromatic rings. The van der Waals surface area contributed by atoms with Gasteiger partial charge in [0.15, 0.2) is 0 Å². The summed E-state index contributed by atoms with van der Waals surface area (Å²) in [7, 11) is 1.69. The summed E-state index contributed by atoms with van der Waals surface area (Å²) >= 11 is 0. The van der Waals surface area contributed by atoms with Crippen molar-refractivity contribution in [3.05, 3.63) is 64.7 Å². The van der Waals surface area contributed by atoms with E-state index in [9.17, 15) is 4.79 Å². The Hall–Kier alpha value is -2.79. The fourth-order valence-electron chi connectivity index (χ4n) is 4.60. The zero-order valence-corrected chi connectivity index (χ0v) is 18.1. The summed E-state index contributed by atoms with van der Waals surface area (Å²) in [5.74, 6) is 2.47. The molecule has 5 rings (SSSR count). The molecular formula is C26H30N2O3. The van der Waals surface area contributed by atoms with Crippen LogP contribution in [0.2, 0.25) is 0 Å². The monoisotopic (exact) mass is 418 g/mol. The number of rotatable bonds is 7. The van der Waals surface area contributed by atoms with E-state index in [4.69, 9.17) is 9.47 Å². The summed E-state index contributed by atoms with van der Waals surface area (Å²) in [6.07, 6.45) is 6.69. The highest BCUT2D eigenvalue weighted by Gasteiger charge is 2.26. The number of likely N-dealkylation sites (tertiary alicyclic amines) is 1. The molecule has 1 N–H and O–H groups in total. The number of amides is 1. The van der Waals surface area contributed by atoms with Crippen molar-refractivity contribution in [2.45, 2.75) is 31.7 Å². The maximum atomic E-state index is 12.3. The van der Waals surface area contributed by atoms with E-state index in [1.807, 2.05) is 30.3 Å². The van der Waals surface area contributed by atoms with Gasteiger partial charge in [-0.15, -0.1) is 0 Å². The van der Waals surface area contributed by atoms with E-state index in [1.54, 1.807) is 7.11 Å². The fourth-order valence-corrected chi connectivity index (χ4v) is 4.60. The Morgan fingerprint density at radius 1 is 1.19 bits per heavy atom. The van der Waals surface area contributed by atoms with E-state index >= 15 is 0 Å². The van der Waals surface area contributed by atoms with Crippen LogP contribution in [-0.2, 0) is 6.42 Å². The SMILES string of the molecule is COc1ccc2c(c1)C=C(CN1CCC(Cc3cccc(C(=O)NC4CC4)c3)C1)CO2. The lowest BCUT2D eigenvalue weighted by Gasteiger charge is -2.23. The average Bonchev–Trinajstić information content (AvgIpc) is 3.50. The van der Waals surface area contributed by atoms with Gasteiger partial charge in [-0.3, -0.25) is 9.69 Å². The van der Waals surface area contributed by atoms with Crippen LogP contribution in [0.4, 0.5) is 0 Å². The van der Waals surface area contributed by atoms with Gasteiger partial charge in [-0.25, -0.2) is 0 Å². The van der Waals surface area contributed by atoms with Crippen molar-refractivity contribution in [2.24, 2.45) is 5.92 Å². The number of methoxy groups -OCH3 is 1. The van der Waals surface area contributed by atoms with Crippen molar-refractivity contribution < 1.29 is 14.3 Å². The Labute approximate surface area is 184 Å². The highest BCUT2D eigenvalue weighted by molar-refractivity contribution is 5.94. The minimum absolute atomic E-state index is 0.0681. The van der Waals surface area contributed by atoms with Crippen LogP contribution in [0.25, 0.3) is 6.08 Å². The molecule has 2 aromatic carbocycles. The molecule has 1 aliphatic carbocycles. The molecule has 1 amide bonds. The third-order valence-corrected chi connectivity index (χ3v) is 6.41. The minimum Gasteiger partial charge on any atom is -0.497 e. The molecule has 0 bridgehead atoms. The molecule has 0 spiro atoms. The number of benzene rings is 2. The molecule has 1 unspecified atom stereocenters. The first-order chi connectivity index (χ1) is 15.2. The molecule has 31 heavy (non-hydrogen) atoms. The molecular weight excluding hydrogens is 388 g/mol. The lowest BCUT2D eigenvalue weighted by molar-refractivity contribution is 0.0951. The van der Waals surface area contributed by atoms with E-state index in [-0.39, 0.29) is 5.91 Å². The molecule has 1 saturated carbocycles. The van der Waals surface area contributed by atoms with E-state index in [2.05, 4.69) is 28.4 Å². The normalized spacial score (nSPS) is 20.5. The molecule has 5 nitrogen and oxygen atoms in total. The molecule has 0 aromatic heterocycles. The van der Waals surface area contributed by atoms with Gasteiger partial charge in [0.25, 0.3) is 5.91 Å². The lowest BCUT2D eigenvalue weighted by Crippen LogP contribution is -2.26. The highest BCUT2D eigenvalue weighted by Crippen LogP contribution is 2.31. The van der Waals surface area contributed by atoms with E-state index in [1.165, 1.54) is 17.6 Å². The molecule has 162 valence electrons. The van der Waals surface area contributed by atoms with Crippen LogP contribution in [0, 0.1) is 5.92 Å². The molecule has 1 saturated heterocycles. The largest absolute Gasteiger partial charge is 0.497 e. The van der Waals surface area contributed by atoms with Crippen LogP contribution in [0.1, 0.15) is 40.7 Å². The Kier molecular flexibility index (Phi) is 5.68. The molecule has 5 heteroatoms. The van der Waals surface area contributed by atoms with Gasteiger partial charge in [0.1, 0.15) is 18.1 Å². The number of carbonyl (C=O) groups excluding carboxylic acids is 1. The van der Waals surface area contributed by atoms with Crippen LogP contribution in [0.5, 0.6) is 11.5 Å². The highest BCUT2D eigenvalue weighted by atomic mass is 16.5. The third-order valence-electron chi connectivity index (χ3n) is 6.41. The summed E-state index contributed by atoms with van der Waals surface area (Å²) in [6, 6.07) is 14.5. The number of nitrogens with one attached hydrogen (secondary N) is 1. The van der Waals surface area contributed by atoms with Crippen LogP contribution in [0.3, 0.4) is 0 Å². The van der Waals surface area contributed by atoms with Crippen molar-refractivity contribution in [1.82, 2.24) is 10.2 Å². The number of ether oxygens (including phenoxy) is 2. The zero-order chi connectivity index (χ0) is 21.2. The predicted octanol–water partition coefficient (Wildman–Crippen LogP) is 3.93. The summed E-state index contributed by atoms with van der Waals surface area (Å²) in [4.78, 5) is 14.9. The van der Waals surface area contributed by atoms with E-state index < -0.39 is 0 Å². The summed E-state index contributed by atoms with van der Waals surface area (Å²) in [5.41, 5.74) is 4.45. The smallest absolute Gasteiger partial charge is 0.251 e. The molecule has 3 aliphatic rings. The molecule has 2 heterocycles. The van der Waals surface area contributed by atoms with Crippen molar-refractivity contribution >= 4 is 12.0 Å². The van der Waals surface area contributed by atoms with Crippen LogP contribution >= 0.6 is 0 Å². The Morgan fingerprint density at radius 3 is 2.94 bits per heavy atom. The van der Waals surface area contributed by atoms with Crippen molar-refractivity contribution in [2.75, 3.05) is 33.4 Å². The number of hydrogen-bond donors (Lipinski definition) is 1. The second-order valence-corrected chi connectivity index (χ2v) is 9.04. The van der Waals surface area contributed by atoms with Crippen molar-refractivity contribution in [3.8, 4) is 11.5 Å². The Morgan fingerprint density at radius 2 is 2.10 bits per heavy atom. The van der Waals surface area contributed by atoms with Gasteiger partial charge in [0.05, 0.1) is 7.11 Å². The zero-order valence-electron chi connectivity index (χ0n) is 18.1.